The summed E-state index contributed by atoms with van der Waals surface area (Å²) in [5, 5.41) is 23.1. The fraction of sp³-hybridized carbons (Fsp3) is 0.860. The van der Waals surface area contributed by atoms with Crippen LogP contribution in [-0.2, 0) is 14.3 Å². The molecule has 0 aliphatic rings. The van der Waals surface area contributed by atoms with Crippen molar-refractivity contribution in [1.29, 1.82) is 0 Å². The van der Waals surface area contributed by atoms with E-state index in [1.165, 1.54) is 173 Å². The fourth-order valence-corrected chi connectivity index (χ4v) is 8.37. The Morgan fingerprint density at radius 1 is 0.444 bits per heavy atom. The van der Waals surface area contributed by atoms with Crippen LogP contribution in [0.3, 0.4) is 0 Å². The zero-order chi connectivity index (χ0) is 45.8. The first-order valence-electron chi connectivity index (χ1n) is 27.7. The molecule has 0 radical (unpaired) electrons. The molecule has 0 aliphatic carbocycles. The molecule has 3 N–H and O–H groups in total. The Kier molecular flexibility index (Phi) is 51.1. The summed E-state index contributed by atoms with van der Waals surface area (Å²) in [4.78, 5) is 24.5. The molecule has 6 nitrogen and oxygen atoms in total. The Balaban J connectivity index is 3.48. The predicted octanol–water partition coefficient (Wildman–Crippen LogP) is 16.9. The number of allylic oxidation sites excluding steroid dienone is 6. The van der Waals surface area contributed by atoms with Crippen molar-refractivity contribution in [2.75, 3.05) is 13.2 Å². The highest BCUT2D eigenvalue weighted by atomic mass is 16.5. The Bertz CT molecular complexity index is 1020. The monoisotopic (exact) mass is 886 g/mol. The van der Waals surface area contributed by atoms with Crippen LogP contribution in [0, 0.1) is 0 Å². The third-order valence-electron chi connectivity index (χ3n) is 12.7. The van der Waals surface area contributed by atoms with Crippen LogP contribution in [0.15, 0.2) is 36.5 Å². The summed E-state index contributed by atoms with van der Waals surface area (Å²) >= 11 is 0. The third kappa shape index (κ3) is 49.4. The maximum absolute atomic E-state index is 12.4. The van der Waals surface area contributed by atoms with Crippen LogP contribution >= 0.6 is 0 Å². The molecule has 0 saturated heterocycles. The van der Waals surface area contributed by atoms with Gasteiger partial charge in [0, 0.05) is 12.8 Å². The summed E-state index contributed by atoms with van der Waals surface area (Å²) in [6.45, 7) is 4.89. The van der Waals surface area contributed by atoms with E-state index in [-0.39, 0.29) is 18.5 Å². The van der Waals surface area contributed by atoms with E-state index in [0.717, 1.165) is 83.5 Å². The molecular weight excluding hydrogens is 779 g/mol. The second-order valence-corrected chi connectivity index (χ2v) is 18.9. The SMILES string of the molecule is CCCCCCCCC/C=C\CCCCCCCCCC(=O)OCCCCC/C=C\C/C=C\CCCCCCCCCC(=O)NC(CO)C(O)CCCCCCCCCCCCC. The largest absolute Gasteiger partial charge is 0.466 e. The van der Waals surface area contributed by atoms with Crippen LogP contribution in [-0.4, -0.2) is 47.4 Å². The predicted molar refractivity (Wildman–Crippen MR) is 273 cm³/mol. The highest BCUT2D eigenvalue weighted by Crippen LogP contribution is 2.16. The van der Waals surface area contributed by atoms with Gasteiger partial charge in [-0.2, -0.15) is 0 Å². The van der Waals surface area contributed by atoms with Gasteiger partial charge in [-0.05, 0) is 89.9 Å². The first kappa shape index (κ1) is 61.1. The van der Waals surface area contributed by atoms with E-state index in [0.29, 0.717) is 25.9 Å². The van der Waals surface area contributed by atoms with Gasteiger partial charge in [-0.1, -0.05) is 224 Å². The average Bonchev–Trinajstić information content (AvgIpc) is 3.28. The quantitative estimate of drug-likeness (QED) is 0.0321. The summed E-state index contributed by atoms with van der Waals surface area (Å²) in [7, 11) is 0. The number of amides is 1. The number of hydrogen-bond donors (Lipinski definition) is 3. The van der Waals surface area contributed by atoms with Crippen molar-refractivity contribution in [2.45, 2.75) is 302 Å². The molecule has 6 heteroatoms. The lowest BCUT2D eigenvalue weighted by atomic mass is 10.0. The van der Waals surface area contributed by atoms with Crippen LogP contribution in [0.5, 0.6) is 0 Å². The summed E-state index contributed by atoms with van der Waals surface area (Å²) in [5.74, 6) is -0.0715. The lowest BCUT2D eigenvalue weighted by Gasteiger charge is -2.22. The number of aliphatic hydroxyl groups is 2. The van der Waals surface area contributed by atoms with Gasteiger partial charge in [0.1, 0.15) is 0 Å². The molecule has 0 bridgehead atoms. The topological polar surface area (TPSA) is 95.9 Å². The Hall–Kier alpha value is -1.92. The van der Waals surface area contributed by atoms with Gasteiger partial charge < -0.3 is 20.3 Å². The standard InChI is InChI=1S/C57H107NO5/c1-3-5-7-9-11-13-15-16-17-18-21-24-27-31-35-39-43-47-51-57(62)63-52-48-44-40-36-32-28-25-22-19-20-23-26-30-34-38-42-46-50-56(61)58-54(53-59)55(60)49-45-41-37-33-29-14-12-10-8-6-4-2/h17-19,22,28,32,54-55,59-60H,3-16,20-21,23-27,29-31,33-53H2,1-2H3,(H,58,61)/b18-17-,22-19-,32-28-. The second kappa shape index (κ2) is 52.7. The van der Waals surface area contributed by atoms with E-state index in [1.54, 1.807) is 0 Å². The number of nitrogens with one attached hydrogen (secondary N) is 1. The van der Waals surface area contributed by atoms with Crippen molar-refractivity contribution < 1.29 is 24.5 Å². The van der Waals surface area contributed by atoms with Crippen LogP contribution in [0.4, 0.5) is 0 Å². The molecule has 63 heavy (non-hydrogen) atoms. The molecule has 2 unspecified atom stereocenters. The van der Waals surface area contributed by atoms with Crippen LogP contribution in [0.25, 0.3) is 0 Å². The van der Waals surface area contributed by atoms with Crippen molar-refractivity contribution in [3.63, 3.8) is 0 Å². The van der Waals surface area contributed by atoms with Crippen LogP contribution in [0.1, 0.15) is 290 Å². The first-order valence-corrected chi connectivity index (χ1v) is 27.7. The summed E-state index contributed by atoms with van der Waals surface area (Å²) < 4.78 is 5.46. The number of hydrogen-bond acceptors (Lipinski definition) is 5. The van der Waals surface area contributed by atoms with Gasteiger partial charge in [0.15, 0.2) is 0 Å². The number of aliphatic hydroxyl groups excluding tert-OH is 2. The maximum atomic E-state index is 12.4. The molecule has 0 aromatic rings. The highest BCUT2D eigenvalue weighted by Gasteiger charge is 2.20. The normalized spacial score (nSPS) is 12.9. The van der Waals surface area contributed by atoms with E-state index in [4.69, 9.17) is 4.74 Å². The van der Waals surface area contributed by atoms with Gasteiger partial charge in [-0.15, -0.1) is 0 Å². The van der Waals surface area contributed by atoms with Crippen molar-refractivity contribution >= 4 is 11.9 Å². The molecule has 0 spiro atoms. The summed E-state index contributed by atoms with van der Waals surface area (Å²) in [5.41, 5.74) is 0. The number of carbonyl (C=O) groups is 2. The molecule has 0 fully saturated rings. The van der Waals surface area contributed by atoms with Gasteiger partial charge in [-0.25, -0.2) is 0 Å². The van der Waals surface area contributed by atoms with Gasteiger partial charge in [0.2, 0.25) is 5.91 Å². The Morgan fingerprint density at radius 3 is 1.22 bits per heavy atom. The second-order valence-electron chi connectivity index (χ2n) is 18.9. The van der Waals surface area contributed by atoms with Crippen LogP contribution < -0.4 is 5.32 Å². The van der Waals surface area contributed by atoms with Crippen molar-refractivity contribution in [3.8, 4) is 0 Å². The van der Waals surface area contributed by atoms with Crippen molar-refractivity contribution in [2.24, 2.45) is 0 Å². The summed E-state index contributed by atoms with van der Waals surface area (Å²) in [6, 6.07) is -0.553. The first-order chi connectivity index (χ1) is 31.0. The number of unbranched alkanes of at least 4 members (excludes halogenated alkanes) is 34. The minimum Gasteiger partial charge on any atom is -0.466 e. The van der Waals surface area contributed by atoms with Gasteiger partial charge in [0.25, 0.3) is 0 Å². The number of esters is 1. The molecular formula is C57H107NO5. The average molecular weight is 886 g/mol. The third-order valence-corrected chi connectivity index (χ3v) is 12.7. The molecule has 0 saturated carbocycles. The number of ether oxygens (including phenoxy) is 1. The van der Waals surface area contributed by atoms with E-state index in [9.17, 15) is 19.8 Å². The molecule has 0 aromatic heterocycles. The Morgan fingerprint density at radius 2 is 0.794 bits per heavy atom. The molecule has 0 aliphatic heterocycles. The minimum absolute atomic E-state index is 0.0188. The Labute approximate surface area is 392 Å². The van der Waals surface area contributed by atoms with Gasteiger partial charge in [-0.3, -0.25) is 9.59 Å². The number of carbonyl (C=O) groups excluding carboxylic acids is 2. The molecule has 0 rings (SSSR count). The summed E-state index contributed by atoms with van der Waals surface area (Å²) in [6.07, 6.45) is 64.2. The molecule has 370 valence electrons. The zero-order valence-corrected chi connectivity index (χ0v) is 42.1. The molecule has 0 heterocycles. The fourth-order valence-electron chi connectivity index (χ4n) is 8.37. The van der Waals surface area contributed by atoms with Crippen LogP contribution in [0.2, 0.25) is 0 Å². The molecule has 2 atom stereocenters. The van der Waals surface area contributed by atoms with E-state index in [1.807, 2.05) is 0 Å². The smallest absolute Gasteiger partial charge is 0.305 e. The lowest BCUT2D eigenvalue weighted by Crippen LogP contribution is -2.45. The number of rotatable bonds is 51. The lowest BCUT2D eigenvalue weighted by molar-refractivity contribution is -0.143. The van der Waals surface area contributed by atoms with E-state index >= 15 is 0 Å². The van der Waals surface area contributed by atoms with Crippen molar-refractivity contribution in [3.05, 3.63) is 36.5 Å². The highest BCUT2D eigenvalue weighted by molar-refractivity contribution is 5.76. The van der Waals surface area contributed by atoms with Gasteiger partial charge >= 0.3 is 5.97 Å². The van der Waals surface area contributed by atoms with E-state index < -0.39 is 12.1 Å². The maximum Gasteiger partial charge on any atom is 0.305 e. The van der Waals surface area contributed by atoms with E-state index in [2.05, 4.69) is 55.6 Å². The minimum atomic E-state index is -0.674. The van der Waals surface area contributed by atoms with Crippen molar-refractivity contribution in [1.82, 2.24) is 5.32 Å². The van der Waals surface area contributed by atoms with Gasteiger partial charge in [0.05, 0.1) is 25.4 Å². The zero-order valence-electron chi connectivity index (χ0n) is 42.1. The molecule has 0 aromatic carbocycles. The molecule has 1 amide bonds.